The maximum absolute atomic E-state index is 3.63. The van der Waals surface area contributed by atoms with Crippen molar-refractivity contribution in [2.24, 2.45) is 5.92 Å². The normalized spacial score (nSPS) is 27.6. The molecule has 1 aliphatic heterocycles. The summed E-state index contributed by atoms with van der Waals surface area (Å²) in [4.78, 5) is 2.58. The molecule has 0 amide bonds. The Balaban J connectivity index is 1.31. The van der Waals surface area contributed by atoms with Gasteiger partial charge >= 0.3 is 0 Å². The first kappa shape index (κ1) is 12.2. The minimum Gasteiger partial charge on any atom is -0.315 e. The average molecular weight is 244 g/mol. The van der Waals surface area contributed by atoms with Crippen molar-refractivity contribution in [1.29, 1.82) is 0 Å². The highest BCUT2D eigenvalue weighted by Crippen LogP contribution is 2.46. The van der Waals surface area contributed by atoms with Gasteiger partial charge in [0.15, 0.2) is 0 Å². The highest BCUT2D eigenvalue weighted by atomic mass is 15.1. The largest absolute Gasteiger partial charge is 0.315 e. The topological polar surface area (TPSA) is 15.3 Å². The summed E-state index contributed by atoms with van der Waals surface area (Å²) in [5.74, 6) is 1.71. The molecule has 1 aromatic carbocycles. The molecule has 0 bridgehead atoms. The van der Waals surface area contributed by atoms with Crippen LogP contribution in [0.4, 0.5) is 0 Å². The number of nitrogens with zero attached hydrogens (tertiary/aromatic N) is 1. The number of benzene rings is 1. The van der Waals surface area contributed by atoms with E-state index in [0.717, 1.165) is 18.4 Å². The molecule has 1 heterocycles. The summed E-state index contributed by atoms with van der Waals surface area (Å²) in [5.41, 5.74) is 1.53. The van der Waals surface area contributed by atoms with Crippen LogP contribution in [0.15, 0.2) is 30.3 Å². The standard InChI is InChI=1S/C16H24N2/c1-2-6-14(7-3-1)16-12-15(16)13-17-8-11-18-9-4-5-10-18/h1-3,6-7,15-17H,4-5,8-13H2. The van der Waals surface area contributed by atoms with Gasteiger partial charge in [0, 0.05) is 13.1 Å². The Morgan fingerprint density at radius 2 is 1.89 bits per heavy atom. The molecule has 3 rings (SSSR count). The van der Waals surface area contributed by atoms with E-state index in [1.165, 1.54) is 51.0 Å². The van der Waals surface area contributed by atoms with E-state index in [2.05, 4.69) is 40.5 Å². The molecule has 0 aromatic heterocycles. The van der Waals surface area contributed by atoms with Gasteiger partial charge in [0.2, 0.25) is 0 Å². The van der Waals surface area contributed by atoms with Crippen molar-refractivity contribution in [3.63, 3.8) is 0 Å². The van der Waals surface area contributed by atoms with Crippen molar-refractivity contribution >= 4 is 0 Å². The molecule has 0 radical (unpaired) electrons. The van der Waals surface area contributed by atoms with Crippen molar-refractivity contribution in [1.82, 2.24) is 10.2 Å². The third-order valence-corrected chi connectivity index (χ3v) is 4.36. The molecular formula is C16H24N2. The van der Waals surface area contributed by atoms with E-state index in [1.807, 2.05) is 0 Å². The molecule has 2 aliphatic rings. The van der Waals surface area contributed by atoms with Gasteiger partial charge in [-0.05, 0) is 56.3 Å². The van der Waals surface area contributed by atoms with E-state index in [1.54, 1.807) is 0 Å². The fourth-order valence-electron chi connectivity index (χ4n) is 3.11. The molecule has 2 heteroatoms. The third kappa shape index (κ3) is 3.12. The van der Waals surface area contributed by atoms with E-state index < -0.39 is 0 Å². The fraction of sp³-hybridized carbons (Fsp3) is 0.625. The maximum Gasteiger partial charge on any atom is 0.0107 e. The quantitative estimate of drug-likeness (QED) is 0.773. The molecule has 2 unspecified atom stereocenters. The number of likely N-dealkylation sites (tertiary alicyclic amines) is 1. The second kappa shape index (κ2) is 5.85. The molecule has 2 atom stereocenters. The van der Waals surface area contributed by atoms with Crippen molar-refractivity contribution in [2.75, 3.05) is 32.7 Å². The Labute approximate surface area is 110 Å². The molecule has 2 nitrogen and oxygen atoms in total. The third-order valence-electron chi connectivity index (χ3n) is 4.36. The lowest BCUT2D eigenvalue weighted by atomic mass is 10.1. The van der Waals surface area contributed by atoms with Gasteiger partial charge in [-0.25, -0.2) is 0 Å². The summed E-state index contributed by atoms with van der Waals surface area (Å²) >= 11 is 0. The van der Waals surface area contributed by atoms with Crippen LogP contribution in [-0.2, 0) is 0 Å². The van der Waals surface area contributed by atoms with Gasteiger partial charge in [0.1, 0.15) is 0 Å². The predicted molar refractivity (Wildman–Crippen MR) is 75.8 cm³/mol. The molecule has 18 heavy (non-hydrogen) atoms. The van der Waals surface area contributed by atoms with Crippen molar-refractivity contribution in [3.05, 3.63) is 35.9 Å². The van der Waals surface area contributed by atoms with E-state index >= 15 is 0 Å². The monoisotopic (exact) mass is 244 g/mol. The maximum atomic E-state index is 3.63. The Bertz CT molecular complexity index is 357. The van der Waals surface area contributed by atoms with Crippen molar-refractivity contribution < 1.29 is 0 Å². The minimum absolute atomic E-state index is 0.825. The second-order valence-electron chi connectivity index (χ2n) is 5.77. The van der Waals surface area contributed by atoms with Crippen molar-refractivity contribution in [3.8, 4) is 0 Å². The Morgan fingerprint density at radius 3 is 2.67 bits per heavy atom. The number of hydrogen-bond donors (Lipinski definition) is 1. The zero-order valence-corrected chi connectivity index (χ0v) is 11.1. The summed E-state index contributed by atoms with van der Waals surface area (Å²) in [6, 6.07) is 11.0. The highest BCUT2D eigenvalue weighted by molar-refractivity contribution is 5.25. The van der Waals surface area contributed by atoms with Crippen LogP contribution in [-0.4, -0.2) is 37.6 Å². The molecule has 0 spiro atoms. The number of hydrogen-bond acceptors (Lipinski definition) is 2. The Morgan fingerprint density at radius 1 is 1.11 bits per heavy atom. The van der Waals surface area contributed by atoms with Crippen LogP contribution in [0.1, 0.15) is 30.7 Å². The van der Waals surface area contributed by atoms with Crippen LogP contribution in [0.25, 0.3) is 0 Å². The zero-order valence-electron chi connectivity index (χ0n) is 11.1. The summed E-state index contributed by atoms with van der Waals surface area (Å²) < 4.78 is 0. The summed E-state index contributed by atoms with van der Waals surface area (Å²) in [5, 5.41) is 3.63. The molecular weight excluding hydrogens is 220 g/mol. The molecule has 1 N–H and O–H groups in total. The van der Waals surface area contributed by atoms with Crippen LogP contribution < -0.4 is 5.32 Å². The molecule has 1 aromatic rings. The molecule has 2 fully saturated rings. The summed E-state index contributed by atoms with van der Waals surface area (Å²) in [6.45, 7) is 6.24. The van der Waals surface area contributed by atoms with E-state index in [-0.39, 0.29) is 0 Å². The van der Waals surface area contributed by atoms with Gasteiger partial charge < -0.3 is 10.2 Å². The van der Waals surface area contributed by atoms with E-state index in [9.17, 15) is 0 Å². The smallest absolute Gasteiger partial charge is 0.0107 e. The lowest BCUT2D eigenvalue weighted by molar-refractivity contribution is 0.335. The SMILES string of the molecule is c1ccc(C2CC2CNCCN2CCCC2)cc1. The summed E-state index contributed by atoms with van der Waals surface area (Å²) in [7, 11) is 0. The second-order valence-corrected chi connectivity index (χ2v) is 5.77. The average Bonchev–Trinajstić information content (AvgIpc) is 3.01. The van der Waals surface area contributed by atoms with E-state index in [0.29, 0.717) is 0 Å². The van der Waals surface area contributed by atoms with Gasteiger partial charge in [-0.3, -0.25) is 0 Å². The Kier molecular flexibility index (Phi) is 3.96. The van der Waals surface area contributed by atoms with Gasteiger partial charge in [-0.1, -0.05) is 30.3 Å². The number of rotatable bonds is 6. The lowest BCUT2D eigenvalue weighted by Gasteiger charge is -2.14. The zero-order chi connectivity index (χ0) is 12.2. The summed E-state index contributed by atoms with van der Waals surface area (Å²) in [6.07, 6.45) is 4.18. The minimum atomic E-state index is 0.825. The molecule has 98 valence electrons. The lowest BCUT2D eigenvalue weighted by Crippen LogP contribution is -2.31. The van der Waals surface area contributed by atoms with Crippen LogP contribution in [0.3, 0.4) is 0 Å². The first-order valence-corrected chi connectivity index (χ1v) is 7.41. The van der Waals surface area contributed by atoms with Crippen LogP contribution in [0, 0.1) is 5.92 Å². The van der Waals surface area contributed by atoms with Crippen molar-refractivity contribution in [2.45, 2.75) is 25.2 Å². The molecule has 1 saturated carbocycles. The van der Waals surface area contributed by atoms with Crippen LogP contribution >= 0.6 is 0 Å². The van der Waals surface area contributed by atoms with Gasteiger partial charge in [-0.15, -0.1) is 0 Å². The first-order chi connectivity index (χ1) is 8.93. The predicted octanol–water partition coefficient (Wildman–Crippen LogP) is 2.48. The van der Waals surface area contributed by atoms with Gasteiger partial charge in [-0.2, -0.15) is 0 Å². The first-order valence-electron chi connectivity index (χ1n) is 7.41. The van der Waals surface area contributed by atoms with Crippen LogP contribution in [0.5, 0.6) is 0 Å². The van der Waals surface area contributed by atoms with E-state index in [4.69, 9.17) is 0 Å². The molecule has 1 aliphatic carbocycles. The highest BCUT2D eigenvalue weighted by Gasteiger charge is 2.37. The number of nitrogens with one attached hydrogen (secondary N) is 1. The Hall–Kier alpha value is -0.860. The van der Waals surface area contributed by atoms with Crippen LogP contribution in [0.2, 0.25) is 0 Å². The molecule has 1 saturated heterocycles. The van der Waals surface area contributed by atoms with Gasteiger partial charge in [0.05, 0.1) is 0 Å². The van der Waals surface area contributed by atoms with Gasteiger partial charge in [0.25, 0.3) is 0 Å². The fourth-order valence-corrected chi connectivity index (χ4v) is 3.11.